The Balaban J connectivity index is 1.62. The number of nitrogens with zero attached hydrogens (tertiary/aromatic N) is 3. The van der Waals surface area contributed by atoms with Gasteiger partial charge in [0, 0.05) is 30.5 Å². The van der Waals surface area contributed by atoms with Gasteiger partial charge in [-0.1, -0.05) is 48.5 Å². The summed E-state index contributed by atoms with van der Waals surface area (Å²) in [5.74, 6) is -0.251. The number of hydrogen-bond donors (Lipinski definition) is 0. The number of para-hydroxylation sites is 1. The Morgan fingerprint density at radius 3 is 2.23 bits per heavy atom. The quantitative estimate of drug-likeness (QED) is 0.632. The molecule has 3 aromatic rings. The number of rotatable bonds is 5. The summed E-state index contributed by atoms with van der Waals surface area (Å²) < 4.78 is 0. The van der Waals surface area contributed by atoms with Crippen LogP contribution in [0.3, 0.4) is 0 Å². The predicted molar refractivity (Wildman–Crippen MR) is 117 cm³/mol. The molecule has 0 atom stereocenters. The third-order valence-corrected chi connectivity index (χ3v) is 5.37. The molecular weight excluding hydrogens is 374 g/mol. The van der Waals surface area contributed by atoms with E-state index in [9.17, 15) is 9.59 Å². The van der Waals surface area contributed by atoms with E-state index in [2.05, 4.69) is 4.98 Å². The molecular formula is C25H25N3O2. The highest BCUT2D eigenvalue weighted by Gasteiger charge is 2.23. The van der Waals surface area contributed by atoms with Crippen molar-refractivity contribution in [2.24, 2.45) is 0 Å². The third-order valence-electron chi connectivity index (χ3n) is 5.37. The van der Waals surface area contributed by atoms with E-state index in [0.717, 1.165) is 43.6 Å². The lowest BCUT2D eigenvalue weighted by molar-refractivity contribution is 0.0724. The van der Waals surface area contributed by atoms with Crippen molar-refractivity contribution in [3.05, 3.63) is 95.8 Å². The van der Waals surface area contributed by atoms with Crippen LogP contribution in [0.2, 0.25) is 0 Å². The first-order chi connectivity index (χ1) is 14.7. The molecule has 0 aliphatic carbocycles. The fourth-order valence-electron chi connectivity index (χ4n) is 3.75. The molecule has 30 heavy (non-hydrogen) atoms. The van der Waals surface area contributed by atoms with Crippen LogP contribution >= 0.6 is 0 Å². The smallest absolute Gasteiger partial charge is 0.277 e. The number of pyridine rings is 1. The zero-order valence-corrected chi connectivity index (χ0v) is 16.9. The highest BCUT2D eigenvalue weighted by molar-refractivity contribution is 6.06. The Kier molecular flexibility index (Phi) is 6.18. The first kappa shape index (κ1) is 19.8. The van der Waals surface area contributed by atoms with Gasteiger partial charge in [-0.3, -0.25) is 14.6 Å². The summed E-state index contributed by atoms with van der Waals surface area (Å²) in [5, 5.41) is 0. The topological polar surface area (TPSA) is 53.5 Å². The number of likely N-dealkylation sites (tertiary alicyclic amines) is 1. The minimum Gasteiger partial charge on any atom is -0.339 e. The molecule has 0 saturated carbocycles. The Bertz CT molecular complexity index is 999. The summed E-state index contributed by atoms with van der Waals surface area (Å²) in [5.41, 5.74) is 2.61. The molecule has 1 saturated heterocycles. The fourth-order valence-corrected chi connectivity index (χ4v) is 3.75. The Morgan fingerprint density at radius 2 is 1.53 bits per heavy atom. The minimum atomic E-state index is -0.224. The Morgan fingerprint density at radius 1 is 0.867 bits per heavy atom. The van der Waals surface area contributed by atoms with Gasteiger partial charge < -0.3 is 9.80 Å². The summed E-state index contributed by atoms with van der Waals surface area (Å²) in [7, 11) is 0. The number of benzene rings is 2. The van der Waals surface area contributed by atoms with Crippen LogP contribution in [0, 0.1) is 0 Å². The lowest BCUT2D eigenvalue weighted by Gasteiger charge is -2.27. The number of aromatic nitrogens is 1. The van der Waals surface area contributed by atoms with E-state index in [0.29, 0.717) is 12.1 Å². The molecule has 0 radical (unpaired) electrons. The van der Waals surface area contributed by atoms with Gasteiger partial charge in [0.2, 0.25) is 0 Å². The standard InChI is InChI=1S/C25H25N3O2/c29-24(27-16-8-3-9-17-27)21-14-15-26-23(18-21)25(30)28(22-12-6-2-7-13-22)19-20-10-4-1-5-11-20/h1-2,4-7,10-15,18H,3,8-9,16-17,19H2. The van der Waals surface area contributed by atoms with Gasteiger partial charge in [-0.2, -0.15) is 0 Å². The van der Waals surface area contributed by atoms with Crippen LogP contribution in [0.25, 0.3) is 0 Å². The maximum Gasteiger partial charge on any atom is 0.277 e. The molecule has 1 aromatic heterocycles. The molecule has 1 aliphatic heterocycles. The second kappa shape index (κ2) is 9.35. The molecule has 0 spiro atoms. The molecule has 0 unspecified atom stereocenters. The number of carbonyl (C=O) groups is 2. The molecule has 2 amide bonds. The molecule has 152 valence electrons. The molecule has 5 heteroatoms. The van der Waals surface area contributed by atoms with Crippen LogP contribution in [0.4, 0.5) is 5.69 Å². The van der Waals surface area contributed by atoms with E-state index in [-0.39, 0.29) is 17.5 Å². The van der Waals surface area contributed by atoms with Crippen molar-refractivity contribution in [3.63, 3.8) is 0 Å². The highest BCUT2D eigenvalue weighted by atomic mass is 16.2. The van der Waals surface area contributed by atoms with E-state index in [1.165, 1.54) is 0 Å². The van der Waals surface area contributed by atoms with Gasteiger partial charge in [-0.25, -0.2) is 0 Å². The number of amides is 2. The molecule has 4 rings (SSSR count). The van der Waals surface area contributed by atoms with Crippen LogP contribution in [0.15, 0.2) is 79.0 Å². The molecule has 0 bridgehead atoms. The van der Waals surface area contributed by atoms with E-state index >= 15 is 0 Å². The molecule has 2 aromatic carbocycles. The van der Waals surface area contributed by atoms with E-state index in [1.807, 2.05) is 65.6 Å². The van der Waals surface area contributed by atoms with Crippen LogP contribution in [0.1, 0.15) is 45.7 Å². The van der Waals surface area contributed by atoms with Crippen molar-refractivity contribution in [1.82, 2.24) is 9.88 Å². The molecule has 1 fully saturated rings. The summed E-state index contributed by atoms with van der Waals surface area (Å²) in [6, 6.07) is 22.7. The number of anilines is 1. The van der Waals surface area contributed by atoms with Crippen molar-refractivity contribution in [2.75, 3.05) is 18.0 Å². The minimum absolute atomic E-state index is 0.0273. The SMILES string of the molecule is O=C(c1ccnc(C(=O)N(Cc2ccccc2)c2ccccc2)c1)N1CCCCC1. The van der Waals surface area contributed by atoms with Crippen molar-refractivity contribution in [2.45, 2.75) is 25.8 Å². The second-order valence-electron chi connectivity index (χ2n) is 7.50. The molecule has 1 aliphatic rings. The average molecular weight is 399 g/mol. The van der Waals surface area contributed by atoms with Gasteiger partial charge in [0.25, 0.3) is 11.8 Å². The van der Waals surface area contributed by atoms with Crippen molar-refractivity contribution in [1.29, 1.82) is 0 Å². The van der Waals surface area contributed by atoms with Crippen LogP contribution in [-0.2, 0) is 6.54 Å². The van der Waals surface area contributed by atoms with Gasteiger partial charge in [0.15, 0.2) is 0 Å². The van der Waals surface area contributed by atoms with E-state index in [4.69, 9.17) is 0 Å². The Hall–Kier alpha value is -3.47. The first-order valence-electron chi connectivity index (χ1n) is 10.4. The normalized spacial score (nSPS) is 13.7. The lowest BCUT2D eigenvalue weighted by Crippen LogP contribution is -2.36. The molecule has 2 heterocycles. The zero-order chi connectivity index (χ0) is 20.8. The molecule has 0 N–H and O–H groups in total. The van der Waals surface area contributed by atoms with E-state index < -0.39 is 0 Å². The van der Waals surface area contributed by atoms with Crippen LogP contribution in [-0.4, -0.2) is 34.8 Å². The number of hydrogen-bond acceptors (Lipinski definition) is 3. The number of carbonyl (C=O) groups excluding carboxylic acids is 2. The largest absolute Gasteiger partial charge is 0.339 e. The van der Waals surface area contributed by atoms with Crippen molar-refractivity contribution >= 4 is 17.5 Å². The van der Waals surface area contributed by atoms with Crippen LogP contribution in [0.5, 0.6) is 0 Å². The van der Waals surface area contributed by atoms with Gasteiger partial charge in [-0.15, -0.1) is 0 Å². The molecule has 5 nitrogen and oxygen atoms in total. The maximum atomic E-state index is 13.4. The van der Waals surface area contributed by atoms with Gasteiger partial charge in [0.1, 0.15) is 5.69 Å². The number of piperidine rings is 1. The third kappa shape index (κ3) is 4.57. The Labute approximate surface area is 177 Å². The highest BCUT2D eigenvalue weighted by Crippen LogP contribution is 2.20. The predicted octanol–water partition coefficient (Wildman–Crippen LogP) is 4.55. The summed E-state index contributed by atoms with van der Waals surface area (Å²) in [6.07, 6.45) is 4.77. The van der Waals surface area contributed by atoms with Gasteiger partial charge >= 0.3 is 0 Å². The van der Waals surface area contributed by atoms with E-state index in [1.54, 1.807) is 23.2 Å². The van der Waals surface area contributed by atoms with Gasteiger partial charge in [0.05, 0.1) is 6.54 Å². The summed E-state index contributed by atoms with van der Waals surface area (Å²) in [6.45, 7) is 1.97. The second-order valence-corrected chi connectivity index (χ2v) is 7.50. The lowest BCUT2D eigenvalue weighted by atomic mass is 10.1. The van der Waals surface area contributed by atoms with Crippen LogP contribution < -0.4 is 4.90 Å². The van der Waals surface area contributed by atoms with Crippen molar-refractivity contribution in [3.8, 4) is 0 Å². The first-order valence-corrected chi connectivity index (χ1v) is 10.4. The maximum absolute atomic E-state index is 13.4. The van der Waals surface area contributed by atoms with Crippen molar-refractivity contribution < 1.29 is 9.59 Å². The fraction of sp³-hybridized carbons (Fsp3) is 0.240. The average Bonchev–Trinajstić information content (AvgIpc) is 2.83. The monoisotopic (exact) mass is 399 g/mol. The summed E-state index contributed by atoms with van der Waals surface area (Å²) >= 11 is 0. The van der Waals surface area contributed by atoms with Gasteiger partial charge in [-0.05, 0) is 49.1 Å². The zero-order valence-electron chi connectivity index (χ0n) is 16.9. The summed E-state index contributed by atoms with van der Waals surface area (Å²) in [4.78, 5) is 34.2.